The normalized spacial score (nSPS) is 11.2. The molecule has 1 atom stereocenters. The van der Waals surface area contributed by atoms with Crippen LogP contribution in [0.3, 0.4) is 0 Å². The van der Waals surface area contributed by atoms with Gasteiger partial charge >= 0.3 is 43.7 Å². The molecular weight excluding hydrogens is 200 g/mol. The zero-order valence-electron chi connectivity index (χ0n) is 9.44. The third kappa shape index (κ3) is 9.88. The van der Waals surface area contributed by atoms with Crippen molar-refractivity contribution in [1.82, 2.24) is 0 Å². The smallest absolute Gasteiger partial charge is 1.00 e. The van der Waals surface area contributed by atoms with Crippen molar-refractivity contribution in [3.05, 3.63) is 0 Å². The van der Waals surface area contributed by atoms with Crippen LogP contribution in [0.15, 0.2) is 4.99 Å². The largest absolute Gasteiger partial charge is 2.00 e. The first-order chi connectivity index (χ1) is 5.54. The topological polar surface area (TPSA) is 128 Å². The first-order valence-corrected chi connectivity index (χ1v) is 3.58. The molecule has 0 spiro atoms. The van der Waals surface area contributed by atoms with Crippen molar-refractivity contribution < 1.29 is 12.8 Å². The molecule has 0 aliphatic carbocycles. The predicted octanol–water partition coefficient (Wildman–Crippen LogP) is -1.70. The van der Waals surface area contributed by atoms with Crippen LogP contribution < -0.4 is 17.2 Å². The molecule has 0 aromatic heterocycles. The predicted molar refractivity (Wildman–Crippen MR) is 53.5 cm³/mol. The van der Waals surface area contributed by atoms with E-state index in [4.69, 9.17) is 22.3 Å². The van der Waals surface area contributed by atoms with Gasteiger partial charge in [0.15, 0.2) is 5.96 Å². The molecule has 13 heavy (non-hydrogen) atoms. The number of carboxylic acid groups (broad SMARTS) is 1. The molecule has 0 aliphatic rings. The Morgan fingerprint density at radius 2 is 2.08 bits per heavy atom. The molecule has 6 nitrogen and oxygen atoms in total. The summed E-state index contributed by atoms with van der Waals surface area (Å²) >= 11 is 0. The molecule has 0 rings (SSSR count). The Labute approximate surface area is 110 Å². The fourth-order valence-electron chi connectivity index (χ4n) is 0.643. The minimum absolute atomic E-state index is 0. The Kier molecular flexibility index (Phi) is 10.2. The van der Waals surface area contributed by atoms with Gasteiger partial charge in [0.05, 0.1) is 0 Å². The zero-order chi connectivity index (χ0) is 9.56. The summed E-state index contributed by atoms with van der Waals surface area (Å²) in [6.07, 6.45) is 0.956. The fourth-order valence-corrected chi connectivity index (χ4v) is 0.643. The number of aliphatic imine (C=N–C) groups is 1. The molecule has 74 valence electrons. The number of guanidine groups is 1. The van der Waals surface area contributed by atoms with Gasteiger partial charge in [-0.05, 0) is 12.8 Å². The second-order valence-corrected chi connectivity index (χ2v) is 2.39. The zero-order valence-corrected chi connectivity index (χ0v) is 9.65. The van der Waals surface area contributed by atoms with Gasteiger partial charge < -0.3 is 25.2 Å². The summed E-state index contributed by atoms with van der Waals surface area (Å²) in [5.41, 5.74) is 15.3. The molecule has 0 amide bonds. The van der Waals surface area contributed by atoms with E-state index in [1.54, 1.807) is 0 Å². The molecule has 0 saturated carbocycles. The van der Waals surface area contributed by atoms with Gasteiger partial charge in [0.25, 0.3) is 0 Å². The summed E-state index contributed by atoms with van der Waals surface area (Å²) in [5.74, 6) is -0.987. The molecule has 0 bridgehead atoms. The van der Waals surface area contributed by atoms with E-state index in [1.807, 2.05) is 0 Å². The van der Waals surface area contributed by atoms with Gasteiger partial charge in [-0.15, -0.1) is 0 Å². The Bertz CT molecular complexity index is 190. The third-order valence-corrected chi connectivity index (χ3v) is 1.28. The van der Waals surface area contributed by atoms with Crippen LogP contribution in [0.25, 0.3) is 0 Å². The van der Waals surface area contributed by atoms with E-state index in [0.29, 0.717) is 19.4 Å². The average Bonchev–Trinajstić information content (AvgIpc) is 1.97. The van der Waals surface area contributed by atoms with Crippen molar-refractivity contribution in [2.45, 2.75) is 18.9 Å². The summed E-state index contributed by atoms with van der Waals surface area (Å²) in [6, 6.07) is -0.820. The molecule has 0 radical (unpaired) electrons. The van der Waals surface area contributed by atoms with Gasteiger partial charge in [0.2, 0.25) is 0 Å². The molecule has 0 aliphatic heterocycles. The minimum Gasteiger partial charge on any atom is -1.00 e. The molecule has 0 aromatic carbocycles. The number of carbonyl (C=O) groups is 1. The average molecular weight is 216 g/mol. The molecule has 0 heterocycles. The van der Waals surface area contributed by atoms with Crippen molar-refractivity contribution in [3.8, 4) is 0 Å². The standard InChI is InChI=1S/C6H14N4O2.Ca.2H/c7-4(5(11)12)2-1-3-10-6(8)9;;;/h4H,1-3,7H2,(H,11,12)(H4,8,9,10);;;/q;+2;2*-1/t4-;;;/m0.../s1. The Morgan fingerprint density at radius 1 is 1.54 bits per heavy atom. The summed E-state index contributed by atoms with van der Waals surface area (Å²) in [4.78, 5) is 13.9. The van der Waals surface area contributed by atoms with Crippen molar-refractivity contribution in [2.75, 3.05) is 6.54 Å². The Hall–Kier alpha value is -0.0403. The maximum atomic E-state index is 10.2. The van der Waals surface area contributed by atoms with Crippen molar-refractivity contribution in [2.24, 2.45) is 22.2 Å². The molecule has 0 unspecified atom stereocenters. The number of nitrogens with zero attached hydrogens (tertiary/aromatic N) is 1. The van der Waals surface area contributed by atoms with Gasteiger partial charge in [0.1, 0.15) is 6.04 Å². The van der Waals surface area contributed by atoms with Crippen LogP contribution in [0.1, 0.15) is 15.7 Å². The number of nitrogens with two attached hydrogens (primary N) is 3. The minimum atomic E-state index is -1.00. The number of hydrogen-bond donors (Lipinski definition) is 4. The third-order valence-electron chi connectivity index (χ3n) is 1.28. The van der Waals surface area contributed by atoms with Crippen LogP contribution in [0.5, 0.6) is 0 Å². The van der Waals surface area contributed by atoms with E-state index in [0.717, 1.165) is 0 Å². The van der Waals surface area contributed by atoms with Crippen LogP contribution in [0, 0.1) is 0 Å². The summed E-state index contributed by atoms with van der Waals surface area (Å²) in [5, 5.41) is 8.38. The van der Waals surface area contributed by atoms with Crippen molar-refractivity contribution in [1.29, 1.82) is 0 Å². The van der Waals surface area contributed by atoms with E-state index in [2.05, 4.69) is 4.99 Å². The van der Waals surface area contributed by atoms with Crippen LogP contribution in [0.4, 0.5) is 0 Å². The molecule has 0 fully saturated rings. The summed E-state index contributed by atoms with van der Waals surface area (Å²) in [7, 11) is 0. The summed E-state index contributed by atoms with van der Waals surface area (Å²) < 4.78 is 0. The molecule has 7 heteroatoms. The van der Waals surface area contributed by atoms with Crippen LogP contribution in [0.2, 0.25) is 0 Å². The quantitative estimate of drug-likeness (QED) is 0.188. The fraction of sp³-hybridized carbons (Fsp3) is 0.667. The Balaban J connectivity index is -0.000000202. The van der Waals surface area contributed by atoms with Crippen LogP contribution in [-0.2, 0) is 4.79 Å². The molecule has 0 aromatic rings. The van der Waals surface area contributed by atoms with Gasteiger partial charge in [-0.25, -0.2) is 0 Å². The second-order valence-electron chi connectivity index (χ2n) is 2.39. The number of carboxylic acids is 1. The summed E-state index contributed by atoms with van der Waals surface area (Å²) in [6.45, 7) is 0.420. The molecular formula is C6H16CaN4O2. The second kappa shape index (κ2) is 8.55. The van der Waals surface area contributed by atoms with Gasteiger partial charge in [-0.2, -0.15) is 0 Å². The van der Waals surface area contributed by atoms with Crippen molar-refractivity contribution in [3.63, 3.8) is 0 Å². The molecule has 0 saturated heterocycles. The maximum Gasteiger partial charge on any atom is 2.00 e. The van der Waals surface area contributed by atoms with E-state index in [1.165, 1.54) is 0 Å². The van der Waals surface area contributed by atoms with E-state index < -0.39 is 12.0 Å². The number of rotatable bonds is 5. The SMILES string of the molecule is NC(N)=NCCC[C@H](N)C(=O)O.[Ca+2].[H-].[H-]. The van der Waals surface area contributed by atoms with Gasteiger partial charge in [0, 0.05) is 6.54 Å². The molecule has 7 N–H and O–H groups in total. The number of aliphatic carboxylic acids is 1. The van der Waals surface area contributed by atoms with Gasteiger partial charge in [-0.3, -0.25) is 9.79 Å². The number of hydrogen-bond acceptors (Lipinski definition) is 3. The van der Waals surface area contributed by atoms with E-state index in [9.17, 15) is 4.79 Å². The van der Waals surface area contributed by atoms with Gasteiger partial charge in [-0.1, -0.05) is 0 Å². The van der Waals surface area contributed by atoms with Crippen LogP contribution >= 0.6 is 0 Å². The van der Waals surface area contributed by atoms with Crippen LogP contribution in [-0.4, -0.2) is 67.4 Å². The first-order valence-electron chi connectivity index (χ1n) is 3.58. The Morgan fingerprint density at radius 3 is 2.46 bits per heavy atom. The van der Waals surface area contributed by atoms with Crippen molar-refractivity contribution >= 4 is 49.7 Å². The van der Waals surface area contributed by atoms with E-state index in [-0.39, 0.29) is 46.6 Å². The van der Waals surface area contributed by atoms with E-state index >= 15 is 0 Å². The monoisotopic (exact) mass is 216 g/mol. The maximum absolute atomic E-state index is 10.2. The first kappa shape index (κ1) is 15.4.